The van der Waals surface area contributed by atoms with Gasteiger partial charge in [-0.1, -0.05) is 218 Å². The van der Waals surface area contributed by atoms with Gasteiger partial charge in [0.05, 0.1) is 5.41 Å². The summed E-state index contributed by atoms with van der Waals surface area (Å²) in [5.74, 6) is 1.88. The maximum Gasteiger partial charge on any atom is 0.164 e. The molecule has 0 amide bonds. The van der Waals surface area contributed by atoms with Crippen LogP contribution in [0.25, 0.3) is 78.7 Å². The molecule has 0 saturated heterocycles. The van der Waals surface area contributed by atoms with Crippen LogP contribution in [-0.2, 0) is 5.41 Å². The Bertz CT molecular complexity index is 3160. The predicted octanol–water partition coefficient (Wildman–Crippen LogP) is 14.7. The summed E-state index contributed by atoms with van der Waals surface area (Å²) >= 11 is 1.86. The molecule has 0 atom stereocenters. The van der Waals surface area contributed by atoms with Gasteiger partial charge in [-0.15, -0.1) is 0 Å². The van der Waals surface area contributed by atoms with Crippen molar-refractivity contribution >= 4 is 11.8 Å². The molecule has 4 heteroatoms. The minimum absolute atomic E-state index is 0.472. The highest BCUT2D eigenvalue weighted by molar-refractivity contribution is 7.99. The molecule has 3 nitrogen and oxygen atoms in total. The molecule has 2 heterocycles. The monoisotopic (exact) mass is 807 g/mol. The van der Waals surface area contributed by atoms with Crippen LogP contribution in [0.2, 0.25) is 0 Å². The SMILES string of the molecule is c1ccc(-c2ccc(-c3nc(-c4ccc(-c5ccccc5)cc4)nc(-c4ccccc4-c4ccc5c(c4)C4(c6ccccc6S5)c5ccccc5-c5ccccc54)n3)cc2)cc1. The summed E-state index contributed by atoms with van der Waals surface area (Å²) < 4.78 is 0. The molecule has 9 aromatic carbocycles. The van der Waals surface area contributed by atoms with Gasteiger partial charge in [0, 0.05) is 26.5 Å². The zero-order chi connectivity index (χ0) is 41.0. The molecular formula is C58H37N3S. The van der Waals surface area contributed by atoms with E-state index in [2.05, 4.69) is 212 Å². The zero-order valence-electron chi connectivity index (χ0n) is 33.6. The standard InChI is InChI=1S/C58H37N3S/c1-3-15-38(16-4-1)40-27-31-42(32-28-40)55-59-56(43-33-29-41(30-34-43)39-17-5-2-6-18-39)61-57(60-55)48-22-8-7-19-45(48)44-35-36-54-52(37-44)58(51-25-13-14-26-53(51)62-54)49-23-11-9-20-46(49)47-21-10-12-24-50(47)58/h1-37H. The first-order chi connectivity index (χ1) is 30.7. The van der Waals surface area contributed by atoms with Gasteiger partial charge >= 0.3 is 0 Å². The highest BCUT2D eigenvalue weighted by Crippen LogP contribution is 2.62. The molecule has 0 unspecified atom stereocenters. The van der Waals surface area contributed by atoms with Gasteiger partial charge in [-0.3, -0.25) is 0 Å². The van der Waals surface area contributed by atoms with Gasteiger partial charge in [0.25, 0.3) is 0 Å². The van der Waals surface area contributed by atoms with E-state index in [1.807, 2.05) is 23.9 Å². The number of hydrogen-bond donors (Lipinski definition) is 0. The van der Waals surface area contributed by atoms with Gasteiger partial charge in [-0.05, 0) is 85.0 Å². The largest absolute Gasteiger partial charge is 0.208 e. The summed E-state index contributed by atoms with van der Waals surface area (Å²) in [4.78, 5) is 18.3. The molecule has 0 fully saturated rings. The molecule has 1 aliphatic heterocycles. The minimum atomic E-state index is -0.472. The Kier molecular flexibility index (Phi) is 8.65. The fourth-order valence-electron chi connectivity index (χ4n) is 9.59. The molecule has 1 spiro atoms. The Morgan fingerprint density at radius 1 is 0.258 bits per heavy atom. The third-order valence-electron chi connectivity index (χ3n) is 12.5. The van der Waals surface area contributed by atoms with Crippen molar-refractivity contribution in [3.05, 3.63) is 247 Å². The lowest BCUT2D eigenvalue weighted by Gasteiger charge is -2.40. The third-order valence-corrected chi connectivity index (χ3v) is 13.6. The molecule has 10 aromatic rings. The summed E-state index contributed by atoms with van der Waals surface area (Å²) in [6.45, 7) is 0. The van der Waals surface area contributed by atoms with Gasteiger partial charge in [0.15, 0.2) is 17.5 Å². The van der Waals surface area contributed by atoms with Crippen molar-refractivity contribution in [3.63, 3.8) is 0 Å². The van der Waals surface area contributed by atoms with Gasteiger partial charge in [-0.25, -0.2) is 15.0 Å². The smallest absolute Gasteiger partial charge is 0.164 e. The van der Waals surface area contributed by atoms with Crippen LogP contribution in [0.5, 0.6) is 0 Å². The Morgan fingerprint density at radius 2 is 0.645 bits per heavy atom. The van der Waals surface area contributed by atoms with Crippen LogP contribution in [0.1, 0.15) is 22.3 Å². The normalized spacial score (nSPS) is 12.9. The molecule has 0 radical (unpaired) electrons. The second kappa shape index (κ2) is 14.8. The van der Waals surface area contributed by atoms with Crippen molar-refractivity contribution in [1.82, 2.24) is 15.0 Å². The van der Waals surface area contributed by atoms with Crippen molar-refractivity contribution in [1.29, 1.82) is 0 Å². The van der Waals surface area contributed by atoms with E-state index >= 15 is 0 Å². The number of benzene rings is 9. The van der Waals surface area contributed by atoms with Crippen LogP contribution in [0, 0.1) is 0 Å². The van der Waals surface area contributed by atoms with Crippen LogP contribution in [-0.4, -0.2) is 15.0 Å². The van der Waals surface area contributed by atoms with Crippen LogP contribution < -0.4 is 0 Å². The second-order valence-electron chi connectivity index (χ2n) is 15.9. The Morgan fingerprint density at radius 3 is 1.21 bits per heavy atom. The van der Waals surface area contributed by atoms with Crippen LogP contribution in [0.3, 0.4) is 0 Å². The summed E-state index contributed by atoms with van der Waals surface area (Å²) in [5.41, 5.74) is 17.0. The second-order valence-corrected chi connectivity index (χ2v) is 17.0. The summed E-state index contributed by atoms with van der Waals surface area (Å²) in [7, 11) is 0. The van der Waals surface area contributed by atoms with Crippen molar-refractivity contribution < 1.29 is 0 Å². The average Bonchev–Trinajstić information content (AvgIpc) is 3.65. The number of aromatic nitrogens is 3. The molecule has 290 valence electrons. The Hall–Kier alpha value is -7.66. The van der Waals surface area contributed by atoms with Crippen molar-refractivity contribution in [2.75, 3.05) is 0 Å². The van der Waals surface area contributed by atoms with Crippen LogP contribution in [0.15, 0.2) is 234 Å². The molecule has 0 bridgehead atoms. The first-order valence-electron chi connectivity index (χ1n) is 21.0. The lowest BCUT2D eigenvalue weighted by molar-refractivity contribution is 0.723. The van der Waals surface area contributed by atoms with E-state index in [1.54, 1.807) is 0 Å². The topological polar surface area (TPSA) is 38.7 Å². The maximum absolute atomic E-state index is 5.27. The minimum Gasteiger partial charge on any atom is -0.208 e. The Balaban J connectivity index is 1.03. The van der Waals surface area contributed by atoms with E-state index in [4.69, 9.17) is 15.0 Å². The summed E-state index contributed by atoms with van der Waals surface area (Å²) in [6.07, 6.45) is 0. The molecule has 1 aliphatic carbocycles. The van der Waals surface area contributed by atoms with Crippen molar-refractivity contribution in [3.8, 4) is 78.7 Å². The number of fused-ring (bicyclic) bond motifs is 9. The van der Waals surface area contributed by atoms with E-state index in [0.717, 1.165) is 38.9 Å². The molecule has 12 rings (SSSR count). The fourth-order valence-corrected chi connectivity index (χ4v) is 10.8. The molecule has 1 aromatic heterocycles. The molecular weight excluding hydrogens is 771 g/mol. The number of hydrogen-bond acceptors (Lipinski definition) is 4. The predicted molar refractivity (Wildman–Crippen MR) is 254 cm³/mol. The quantitative estimate of drug-likeness (QED) is 0.168. The zero-order valence-corrected chi connectivity index (χ0v) is 34.4. The highest BCUT2D eigenvalue weighted by atomic mass is 32.2. The number of nitrogens with zero attached hydrogens (tertiary/aromatic N) is 3. The first kappa shape index (κ1) is 36.2. The van der Waals surface area contributed by atoms with Gasteiger partial charge in [0.2, 0.25) is 0 Å². The van der Waals surface area contributed by atoms with E-state index in [9.17, 15) is 0 Å². The average molecular weight is 808 g/mol. The van der Waals surface area contributed by atoms with E-state index in [0.29, 0.717) is 17.5 Å². The Labute approximate surface area is 365 Å². The first-order valence-corrected chi connectivity index (χ1v) is 21.8. The van der Waals surface area contributed by atoms with Crippen molar-refractivity contribution in [2.45, 2.75) is 15.2 Å². The lowest BCUT2D eigenvalue weighted by Crippen LogP contribution is -2.32. The fraction of sp³-hybridized carbons (Fsp3) is 0.0172. The summed E-state index contributed by atoms with van der Waals surface area (Å²) in [5, 5.41) is 0. The maximum atomic E-state index is 5.27. The number of rotatable bonds is 6. The third kappa shape index (κ3) is 5.87. The van der Waals surface area contributed by atoms with E-state index in [-0.39, 0.29) is 0 Å². The van der Waals surface area contributed by atoms with Gasteiger partial charge in [-0.2, -0.15) is 0 Å². The van der Waals surface area contributed by atoms with E-state index < -0.39 is 5.41 Å². The highest BCUT2D eigenvalue weighted by Gasteiger charge is 2.50. The summed E-state index contributed by atoms with van der Waals surface area (Å²) in [6, 6.07) is 80.4. The lowest BCUT2D eigenvalue weighted by atomic mass is 9.67. The van der Waals surface area contributed by atoms with E-state index in [1.165, 1.54) is 54.3 Å². The molecule has 0 N–H and O–H groups in total. The van der Waals surface area contributed by atoms with Crippen molar-refractivity contribution in [2.24, 2.45) is 0 Å². The molecule has 62 heavy (non-hydrogen) atoms. The molecule has 2 aliphatic rings. The molecule has 0 saturated carbocycles. The van der Waals surface area contributed by atoms with Crippen LogP contribution in [0.4, 0.5) is 0 Å². The van der Waals surface area contributed by atoms with Gasteiger partial charge < -0.3 is 0 Å². The van der Waals surface area contributed by atoms with Crippen LogP contribution >= 0.6 is 11.8 Å². The van der Waals surface area contributed by atoms with Gasteiger partial charge in [0.1, 0.15) is 0 Å².